The molecule has 6 heteroatoms. The Hall–Kier alpha value is -2.02. The number of hydrogen-bond donors (Lipinski definition) is 1. The van der Waals surface area contributed by atoms with Gasteiger partial charge in [-0.2, -0.15) is 0 Å². The summed E-state index contributed by atoms with van der Waals surface area (Å²) in [6.45, 7) is 1.24. The third-order valence-electron chi connectivity index (χ3n) is 4.65. The van der Waals surface area contributed by atoms with E-state index in [-0.39, 0.29) is 18.2 Å². The highest BCUT2D eigenvalue weighted by Gasteiger charge is 2.27. The molecule has 5 nitrogen and oxygen atoms in total. The van der Waals surface area contributed by atoms with E-state index in [9.17, 15) is 9.90 Å². The van der Waals surface area contributed by atoms with Gasteiger partial charge in [0.15, 0.2) is 4.96 Å². The molecule has 1 unspecified atom stereocenters. The molecule has 0 aliphatic heterocycles. The fraction of sp³-hybridized carbons (Fsp3) is 0.333. The summed E-state index contributed by atoms with van der Waals surface area (Å²) < 4.78 is 1.56. The van der Waals surface area contributed by atoms with Crippen molar-refractivity contribution in [2.45, 2.75) is 25.4 Å². The van der Waals surface area contributed by atoms with Crippen LogP contribution in [0.25, 0.3) is 4.96 Å². The average Bonchev–Trinajstić information content (AvgIpc) is 3.21. The zero-order chi connectivity index (χ0) is 16.5. The van der Waals surface area contributed by atoms with E-state index in [0.29, 0.717) is 18.1 Å². The number of thiazole rings is 1. The van der Waals surface area contributed by atoms with Gasteiger partial charge in [-0.3, -0.25) is 14.1 Å². The van der Waals surface area contributed by atoms with Gasteiger partial charge in [-0.15, -0.1) is 11.3 Å². The maximum absolute atomic E-state index is 12.2. The molecule has 2 aromatic heterocycles. The van der Waals surface area contributed by atoms with Crippen LogP contribution in [-0.4, -0.2) is 32.5 Å². The Morgan fingerprint density at radius 3 is 3.12 bits per heavy atom. The first-order valence-electron chi connectivity index (χ1n) is 8.15. The molecule has 1 aliphatic carbocycles. The maximum Gasteiger partial charge on any atom is 0.258 e. The lowest BCUT2D eigenvalue weighted by atomic mass is 10.1. The molecule has 0 saturated carbocycles. The van der Waals surface area contributed by atoms with Gasteiger partial charge in [0.1, 0.15) is 0 Å². The largest absolute Gasteiger partial charge is 0.395 e. The van der Waals surface area contributed by atoms with Gasteiger partial charge in [-0.25, -0.2) is 4.98 Å². The first-order chi connectivity index (χ1) is 11.8. The zero-order valence-electron chi connectivity index (χ0n) is 13.3. The lowest BCUT2D eigenvalue weighted by Crippen LogP contribution is -2.31. The Balaban J connectivity index is 1.65. The maximum atomic E-state index is 12.2. The molecule has 0 fully saturated rings. The fourth-order valence-corrected chi connectivity index (χ4v) is 4.30. The number of nitrogens with zero attached hydrogens (tertiary/aromatic N) is 3. The molecule has 0 radical (unpaired) electrons. The summed E-state index contributed by atoms with van der Waals surface area (Å²) in [4.78, 5) is 19.7. The van der Waals surface area contributed by atoms with Crippen molar-refractivity contribution in [3.8, 4) is 0 Å². The van der Waals surface area contributed by atoms with Gasteiger partial charge in [0.2, 0.25) is 0 Å². The molecule has 3 aromatic rings. The Bertz CT molecular complexity index is 918. The van der Waals surface area contributed by atoms with E-state index in [1.54, 1.807) is 16.7 Å². The Kier molecular flexibility index (Phi) is 4.18. The molecule has 124 valence electrons. The number of hydrogen-bond acceptors (Lipinski definition) is 5. The average molecular weight is 341 g/mol. The number of aliphatic hydroxyl groups excluding tert-OH is 1. The van der Waals surface area contributed by atoms with Crippen LogP contribution in [0, 0.1) is 0 Å². The molecule has 1 N–H and O–H groups in total. The van der Waals surface area contributed by atoms with Gasteiger partial charge in [-0.1, -0.05) is 24.3 Å². The van der Waals surface area contributed by atoms with Gasteiger partial charge in [0.25, 0.3) is 5.56 Å². The second-order valence-electron chi connectivity index (χ2n) is 6.09. The molecule has 0 saturated heterocycles. The highest BCUT2D eigenvalue weighted by Crippen LogP contribution is 2.36. The number of aryl methyl sites for hydroxylation is 1. The van der Waals surface area contributed by atoms with E-state index in [2.05, 4.69) is 34.1 Å². The first kappa shape index (κ1) is 15.5. The number of aliphatic hydroxyl groups is 1. The van der Waals surface area contributed by atoms with Crippen LogP contribution < -0.4 is 5.56 Å². The van der Waals surface area contributed by atoms with E-state index in [1.807, 2.05) is 5.38 Å². The van der Waals surface area contributed by atoms with E-state index in [4.69, 9.17) is 0 Å². The molecular weight excluding hydrogens is 322 g/mol. The van der Waals surface area contributed by atoms with Crippen molar-refractivity contribution in [2.75, 3.05) is 13.2 Å². The second kappa shape index (κ2) is 6.47. The topological polar surface area (TPSA) is 57.8 Å². The summed E-state index contributed by atoms with van der Waals surface area (Å²) in [7, 11) is 0. The standard InChI is InChI=1S/C18H19N3O2S/c22-9-7-20(16-6-5-13-3-1-2-4-15(13)16)12-14-11-17(23)21-8-10-24-18(21)19-14/h1-4,8,10-11,16,22H,5-7,9,12H2. The van der Waals surface area contributed by atoms with Gasteiger partial charge in [-0.05, 0) is 24.0 Å². The summed E-state index contributed by atoms with van der Waals surface area (Å²) in [6.07, 6.45) is 3.85. The molecule has 0 spiro atoms. The number of rotatable bonds is 5. The van der Waals surface area contributed by atoms with Crippen LogP contribution in [0.15, 0.2) is 46.7 Å². The van der Waals surface area contributed by atoms with E-state index in [0.717, 1.165) is 18.5 Å². The summed E-state index contributed by atoms with van der Waals surface area (Å²) in [6, 6.07) is 10.4. The fourth-order valence-electron chi connectivity index (χ4n) is 3.56. The minimum Gasteiger partial charge on any atom is -0.395 e. The third-order valence-corrected chi connectivity index (χ3v) is 5.41. The van der Waals surface area contributed by atoms with E-state index >= 15 is 0 Å². The smallest absolute Gasteiger partial charge is 0.258 e. The molecule has 0 amide bonds. The van der Waals surface area contributed by atoms with Crippen LogP contribution in [0.1, 0.15) is 29.3 Å². The molecule has 24 heavy (non-hydrogen) atoms. The van der Waals surface area contributed by atoms with Crippen molar-refractivity contribution in [1.29, 1.82) is 0 Å². The predicted octanol–water partition coefficient (Wildman–Crippen LogP) is 2.24. The lowest BCUT2D eigenvalue weighted by molar-refractivity contribution is 0.141. The Morgan fingerprint density at radius 2 is 2.25 bits per heavy atom. The van der Waals surface area contributed by atoms with Crippen molar-refractivity contribution in [3.63, 3.8) is 0 Å². The van der Waals surface area contributed by atoms with Crippen molar-refractivity contribution >= 4 is 16.3 Å². The van der Waals surface area contributed by atoms with Crippen LogP contribution in [0.3, 0.4) is 0 Å². The van der Waals surface area contributed by atoms with Crippen molar-refractivity contribution in [1.82, 2.24) is 14.3 Å². The molecule has 1 aliphatic rings. The Labute approximate surface area is 143 Å². The summed E-state index contributed by atoms with van der Waals surface area (Å²) in [5.41, 5.74) is 3.43. The van der Waals surface area contributed by atoms with Gasteiger partial charge in [0.05, 0.1) is 12.3 Å². The summed E-state index contributed by atoms with van der Waals surface area (Å²) in [5.74, 6) is 0. The molecule has 2 heterocycles. The zero-order valence-corrected chi connectivity index (χ0v) is 14.1. The molecule has 4 rings (SSSR count). The monoisotopic (exact) mass is 341 g/mol. The molecule has 0 bridgehead atoms. The number of fused-ring (bicyclic) bond motifs is 2. The van der Waals surface area contributed by atoms with E-state index in [1.165, 1.54) is 22.5 Å². The molecule has 1 atom stereocenters. The van der Waals surface area contributed by atoms with Crippen molar-refractivity contribution in [2.24, 2.45) is 0 Å². The van der Waals surface area contributed by atoms with Gasteiger partial charge in [0, 0.05) is 36.8 Å². The lowest BCUT2D eigenvalue weighted by Gasteiger charge is -2.28. The van der Waals surface area contributed by atoms with Crippen LogP contribution in [0.5, 0.6) is 0 Å². The molecule has 1 aromatic carbocycles. The van der Waals surface area contributed by atoms with Crippen LogP contribution >= 0.6 is 11.3 Å². The van der Waals surface area contributed by atoms with Gasteiger partial charge >= 0.3 is 0 Å². The first-order valence-corrected chi connectivity index (χ1v) is 9.03. The van der Waals surface area contributed by atoms with E-state index < -0.39 is 0 Å². The van der Waals surface area contributed by atoms with Crippen molar-refractivity contribution in [3.05, 3.63) is 69.1 Å². The van der Waals surface area contributed by atoms with Gasteiger partial charge < -0.3 is 5.11 Å². The van der Waals surface area contributed by atoms with Crippen LogP contribution in [0.4, 0.5) is 0 Å². The SMILES string of the molecule is O=c1cc(CN(CCO)C2CCc3ccccc32)nc2sccn12. The number of aromatic nitrogens is 2. The van der Waals surface area contributed by atoms with Crippen LogP contribution in [0.2, 0.25) is 0 Å². The highest BCUT2D eigenvalue weighted by atomic mass is 32.1. The summed E-state index contributed by atoms with van der Waals surface area (Å²) >= 11 is 1.46. The Morgan fingerprint density at radius 1 is 1.38 bits per heavy atom. The van der Waals surface area contributed by atoms with Crippen molar-refractivity contribution < 1.29 is 5.11 Å². The quantitative estimate of drug-likeness (QED) is 0.773. The second-order valence-corrected chi connectivity index (χ2v) is 6.96. The minimum atomic E-state index is -0.0491. The van der Waals surface area contributed by atoms with Crippen LogP contribution in [-0.2, 0) is 13.0 Å². The number of benzene rings is 1. The summed E-state index contributed by atoms with van der Waals surface area (Å²) in [5, 5.41) is 11.4. The highest BCUT2D eigenvalue weighted by molar-refractivity contribution is 7.15. The predicted molar refractivity (Wildman–Crippen MR) is 94.3 cm³/mol. The third kappa shape index (κ3) is 2.77. The molecular formula is C18H19N3O2S. The minimum absolute atomic E-state index is 0.0491. The normalized spacial score (nSPS) is 16.8.